The highest BCUT2D eigenvalue weighted by molar-refractivity contribution is 5.91. The second kappa shape index (κ2) is 2.61. The van der Waals surface area contributed by atoms with E-state index in [1.165, 1.54) is 0 Å². The average molecular weight is 155 g/mol. The minimum Gasteiger partial charge on any atom is -0.428 e. The normalized spacial score (nSPS) is 9.64. The number of hydrogen-bond donors (Lipinski definition) is 2. The molecule has 1 heterocycles. The van der Waals surface area contributed by atoms with Gasteiger partial charge >= 0.3 is 0 Å². The zero-order valence-electron chi connectivity index (χ0n) is 6.34. The van der Waals surface area contributed by atoms with Crippen molar-refractivity contribution >= 4 is 11.9 Å². The van der Waals surface area contributed by atoms with Gasteiger partial charge in [-0.1, -0.05) is 0 Å². The number of nitrogens with one attached hydrogen (secondary N) is 1. The molecule has 1 amide bonds. The SMILES string of the molecule is CNc1nc(C(N)=O)c(C)o1. The highest BCUT2D eigenvalue weighted by atomic mass is 16.4. The minimum atomic E-state index is -0.576. The highest BCUT2D eigenvalue weighted by Crippen LogP contribution is 2.12. The molecular weight excluding hydrogens is 146 g/mol. The maximum Gasteiger partial charge on any atom is 0.295 e. The van der Waals surface area contributed by atoms with Crippen LogP contribution < -0.4 is 11.1 Å². The molecule has 0 unspecified atom stereocenters. The quantitative estimate of drug-likeness (QED) is 0.635. The van der Waals surface area contributed by atoms with Gasteiger partial charge in [0, 0.05) is 7.05 Å². The summed E-state index contributed by atoms with van der Waals surface area (Å²) >= 11 is 0. The number of anilines is 1. The van der Waals surface area contributed by atoms with Gasteiger partial charge in [-0.15, -0.1) is 0 Å². The van der Waals surface area contributed by atoms with Crippen LogP contribution in [0.1, 0.15) is 16.2 Å². The van der Waals surface area contributed by atoms with Gasteiger partial charge in [-0.05, 0) is 6.92 Å². The minimum absolute atomic E-state index is 0.175. The zero-order chi connectivity index (χ0) is 8.43. The molecule has 0 aromatic carbocycles. The monoisotopic (exact) mass is 155 g/mol. The second-order valence-corrected chi connectivity index (χ2v) is 2.04. The van der Waals surface area contributed by atoms with E-state index in [0.717, 1.165) is 0 Å². The zero-order valence-corrected chi connectivity index (χ0v) is 6.34. The van der Waals surface area contributed by atoms with Gasteiger partial charge in [0.15, 0.2) is 5.69 Å². The van der Waals surface area contributed by atoms with Gasteiger partial charge in [0.25, 0.3) is 11.9 Å². The molecule has 5 heteroatoms. The molecule has 11 heavy (non-hydrogen) atoms. The van der Waals surface area contributed by atoms with E-state index in [1.807, 2.05) is 0 Å². The molecule has 1 aromatic heterocycles. The lowest BCUT2D eigenvalue weighted by Gasteiger charge is -1.84. The van der Waals surface area contributed by atoms with E-state index in [-0.39, 0.29) is 5.69 Å². The summed E-state index contributed by atoms with van der Waals surface area (Å²) in [5, 5.41) is 2.66. The van der Waals surface area contributed by atoms with Crippen LogP contribution in [0.5, 0.6) is 0 Å². The lowest BCUT2D eigenvalue weighted by molar-refractivity contribution is 0.0995. The van der Waals surface area contributed by atoms with E-state index in [4.69, 9.17) is 10.2 Å². The van der Waals surface area contributed by atoms with Crippen molar-refractivity contribution in [1.82, 2.24) is 4.98 Å². The third-order valence-corrected chi connectivity index (χ3v) is 1.24. The fourth-order valence-corrected chi connectivity index (χ4v) is 0.732. The van der Waals surface area contributed by atoms with Crippen molar-refractivity contribution in [3.63, 3.8) is 0 Å². The first-order valence-electron chi connectivity index (χ1n) is 3.10. The Morgan fingerprint density at radius 1 is 1.73 bits per heavy atom. The van der Waals surface area contributed by atoms with Gasteiger partial charge in [0.1, 0.15) is 5.76 Å². The maximum atomic E-state index is 10.6. The van der Waals surface area contributed by atoms with Crippen LogP contribution >= 0.6 is 0 Å². The number of carbonyl (C=O) groups excluding carboxylic acids is 1. The fourth-order valence-electron chi connectivity index (χ4n) is 0.732. The Morgan fingerprint density at radius 3 is 2.64 bits per heavy atom. The Morgan fingerprint density at radius 2 is 2.36 bits per heavy atom. The van der Waals surface area contributed by atoms with Crippen LogP contribution in [0.3, 0.4) is 0 Å². The molecule has 0 spiro atoms. The molecule has 1 rings (SSSR count). The van der Waals surface area contributed by atoms with E-state index >= 15 is 0 Å². The number of aryl methyl sites for hydroxylation is 1. The lowest BCUT2D eigenvalue weighted by Crippen LogP contribution is -2.12. The van der Waals surface area contributed by atoms with Crippen molar-refractivity contribution in [3.05, 3.63) is 11.5 Å². The number of primary amides is 1. The molecule has 1 aromatic rings. The van der Waals surface area contributed by atoms with Crippen molar-refractivity contribution in [2.24, 2.45) is 5.73 Å². The molecule has 0 fully saturated rings. The fraction of sp³-hybridized carbons (Fsp3) is 0.333. The summed E-state index contributed by atoms with van der Waals surface area (Å²) in [5.41, 5.74) is 5.17. The molecule has 5 nitrogen and oxygen atoms in total. The topological polar surface area (TPSA) is 81.1 Å². The van der Waals surface area contributed by atoms with Crippen LogP contribution in [-0.4, -0.2) is 17.9 Å². The van der Waals surface area contributed by atoms with E-state index in [2.05, 4.69) is 10.3 Å². The number of oxazole rings is 1. The summed E-state index contributed by atoms with van der Waals surface area (Å²) in [6.07, 6.45) is 0. The predicted molar refractivity (Wildman–Crippen MR) is 39.3 cm³/mol. The molecule has 0 radical (unpaired) electrons. The molecule has 0 aliphatic carbocycles. The summed E-state index contributed by atoms with van der Waals surface area (Å²) in [5.74, 6) is -0.144. The second-order valence-electron chi connectivity index (χ2n) is 2.04. The van der Waals surface area contributed by atoms with Crippen LogP contribution in [0.2, 0.25) is 0 Å². The summed E-state index contributed by atoms with van der Waals surface area (Å²) in [6.45, 7) is 1.63. The molecule has 3 N–H and O–H groups in total. The standard InChI is InChI=1S/C6H9N3O2/c1-3-4(5(7)10)9-6(8-2)11-3/h1-2H3,(H2,7,10)(H,8,9). The third-order valence-electron chi connectivity index (χ3n) is 1.24. The first kappa shape index (κ1) is 7.59. The van der Waals surface area contributed by atoms with Crippen LogP contribution in [0, 0.1) is 6.92 Å². The number of carbonyl (C=O) groups is 1. The first-order valence-corrected chi connectivity index (χ1v) is 3.10. The number of rotatable bonds is 2. The van der Waals surface area contributed by atoms with Crippen LogP contribution in [-0.2, 0) is 0 Å². The van der Waals surface area contributed by atoms with E-state index in [1.54, 1.807) is 14.0 Å². The Labute approximate surface area is 63.6 Å². The number of hydrogen-bond acceptors (Lipinski definition) is 4. The Balaban J connectivity index is 3.07. The van der Waals surface area contributed by atoms with Crippen molar-refractivity contribution in [1.29, 1.82) is 0 Å². The molecule has 0 atom stereocenters. The number of aromatic nitrogens is 1. The van der Waals surface area contributed by atoms with Gasteiger partial charge in [0.2, 0.25) is 0 Å². The van der Waals surface area contributed by atoms with Crippen LogP contribution in [0.4, 0.5) is 6.01 Å². The predicted octanol–water partition coefficient (Wildman–Crippen LogP) is 0.124. The smallest absolute Gasteiger partial charge is 0.295 e. The summed E-state index contributed by atoms with van der Waals surface area (Å²) in [4.78, 5) is 14.4. The molecular formula is C6H9N3O2. The summed E-state index contributed by atoms with van der Waals surface area (Å²) < 4.78 is 5.00. The Bertz CT molecular complexity index is 279. The summed E-state index contributed by atoms with van der Waals surface area (Å²) in [6, 6.07) is 0.302. The lowest BCUT2D eigenvalue weighted by atomic mass is 10.3. The van der Waals surface area contributed by atoms with Crippen LogP contribution in [0.15, 0.2) is 4.42 Å². The van der Waals surface area contributed by atoms with E-state index in [0.29, 0.717) is 11.8 Å². The Hall–Kier alpha value is -1.52. The summed E-state index contributed by atoms with van der Waals surface area (Å²) in [7, 11) is 1.65. The third kappa shape index (κ3) is 1.31. The van der Waals surface area contributed by atoms with Crippen LogP contribution in [0.25, 0.3) is 0 Å². The van der Waals surface area contributed by atoms with Crippen molar-refractivity contribution in [2.75, 3.05) is 12.4 Å². The van der Waals surface area contributed by atoms with Gasteiger partial charge in [0.05, 0.1) is 0 Å². The molecule has 60 valence electrons. The van der Waals surface area contributed by atoms with Crippen molar-refractivity contribution in [3.8, 4) is 0 Å². The molecule has 0 bridgehead atoms. The first-order chi connectivity index (χ1) is 5.15. The van der Waals surface area contributed by atoms with E-state index < -0.39 is 5.91 Å². The molecule has 0 saturated carbocycles. The molecule has 0 saturated heterocycles. The van der Waals surface area contributed by atoms with Gasteiger partial charge in [-0.2, -0.15) is 4.98 Å². The van der Waals surface area contributed by atoms with Crippen molar-refractivity contribution < 1.29 is 9.21 Å². The van der Waals surface area contributed by atoms with Crippen molar-refractivity contribution in [2.45, 2.75) is 6.92 Å². The largest absolute Gasteiger partial charge is 0.428 e. The van der Waals surface area contributed by atoms with Gasteiger partial charge in [-0.25, -0.2) is 0 Å². The number of nitrogens with zero attached hydrogens (tertiary/aromatic N) is 1. The highest BCUT2D eigenvalue weighted by Gasteiger charge is 2.12. The number of nitrogens with two attached hydrogens (primary N) is 1. The van der Waals surface area contributed by atoms with Gasteiger partial charge in [-0.3, -0.25) is 4.79 Å². The molecule has 0 aliphatic heterocycles. The Kier molecular flexibility index (Phi) is 1.80. The molecule has 0 aliphatic rings. The number of amides is 1. The van der Waals surface area contributed by atoms with E-state index in [9.17, 15) is 4.79 Å². The maximum absolute atomic E-state index is 10.6. The average Bonchev–Trinajstić information content (AvgIpc) is 2.30. The van der Waals surface area contributed by atoms with Gasteiger partial charge < -0.3 is 15.5 Å².